The van der Waals surface area contributed by atoms with Crippen LogP contribution in [0.5, 0.6) is 0 Å². The Morgan fingerprint density at radius 1 is 1.16 bits per heavy atom. The number of ether oxygens (including phenoxy) is 2. The fourth-order valence-electron chi connectivity index (χ4n) is 7.60. The van der Waals surface area contributed by atoms with E-state index in [0.717, 1.165) is 5.56 Å². The van der Waals surface area contributed by atoms with Gasteiger partial charge in [-0.3, -0.25) is 19.2 Å². The highest BCUT2D eigenvalue weighted by atomic mass is 16.6. The molecule has 13 nitrogen and oxygen atoms in total. The fourth-order valence-corrected chi connectivity index (χ4v) is 7.60. The first-order valence-electron chi connectivity index (χ1n) is 17.6. The standard InChI is InChI=1S/C35H55BN6O7/c1-8-30-35(7)31(41(33(46)49-35)15-10-9-14-40-20-27(38-39-40)25-12-11-13-26(37)16-25)23(4)42(24(5)43)19-21(2)18-34(6,47)29(36)17-28(44)22(3)32(45)48-30/h11-13,16,20-23,29-32,45,47H,8-10,14-15,17-19,36-37H2,1-7H3/t21-,22-,23-,29-,30-,31-,32?,34+,35-/m1/s1. The molecule has 0 bridgehead atoms. The summed E-state index contributed by atoms with van der Waals surface area (Å²) >= 11 is 0. The van der Waals surface area contributed by atoms with Crippen molar-refractivity contribution in [1.29, 1.82) is 0 Å². The zero-order valence-electron chi connectivity index (χ0n) is 30.3. The van der Waals surface area contributed by atoms with Crippen LogP contribution in [0.25, 0.3) is 11.3 Å². The second-order valence-corrected chi connectivity index (χ2v) is 14.8. The van der Waals surface area contributed by atoms with Crippen LogP contribution in [0, 0.1) is 11.8 Å². The van der Waals surface area contributed by atoms with E-state index in [2.05, 4.69) is 10.3 Å². The summed E-state index contributed by atoms with van der Waals surface area (Å²) in [5, 5.41) is 31.1. The number of aliphatic hydroxyl groups is 2. The van der Waals surface area contributed by atoms with Crippen LogP contribution < -0.4 is 5.73 Å². The molecule has 1 aromatic heterocycles. The van der Waals surface area contributed by atoms with Gasteiger partial charge in [-0.05, 0) is 70.3 Å². The number of aryl methyl sites for hydroxylation is 1. The number of nitrogen functional groups attached to an aromatic ring is 1. The molecule has 1 aromatic carbocycles. The van der Waals surface area contributed by atoms with Gasteiger partial charge in [0.1, 0.15) is 25.4 Å². The molecule has 2 aromatic rings. The van der Waals surface area contributed by atoms with Gasteiger partial charge in [0.05, 0.1) is 29.8 Å². The van der Waals surface area contributed by atoms with E-state index in [1.54, 1.807) is 35.3 Å². The number of fused-ring (bicyclic) bond motifs is 1. The predicted molar refractivity (Wildman–Crippen MR) is 188 cm³/mol. The van der Waals surface area contributed by atoms with Crippen molar-refractivity contribution in [1.82, 2.24) is 24.8 Å². The third-order valence-corrected chi connectivity index (χ3v) is 10.7. The molecule has 2 amide bonds. The molecule has 4 rings (SSSR count). The van der Waals surface area contributed by atoms with Crippen LogP contribution in [0.4, 0.5) is 10.5 Å². The average molecular weight is 683 g/mol. The number of hydrogen-bond acceptors (Lipinski definition) is 10. The minimum absolute atomic E-state index is 0.0599. The van der Waals surface area contributed by atoms with Crippen molar-refractivity contribution >= 4 is 31.3 Å². The number of nitrogens with two attached hydrogens (primary N) is 1. The van der Waals surface area contributed by atoms with Crippen molar-refractivity contribution in [3.05, 3.63) is 30.5 Å². The normalized spacial score (nSPS) is 33.4. The van der Waals surface area contributed by atoms with E-state index in [1.165, 1.54) is 6.92 Å². The number of rotatable bonds is 7. The lowest BCUT2D eigenvalue weighted by molar-refractivity contribution is -0.210. The largest absolute Gasteiger partial charge is 0.438 e. The fraction of sp³-hybridized carbons (Fsp3) is 0.686. The summed E-state index contributed by atoms with van der Waals surface area (Å²) < 4.78 is 14.1. The molecular weight excluding hydrogens is 627 g/mol. The Kier molecular flexibility index (Phi) is 12.2. The summed E-state index contributed by atoms with van der Waals surface area (Å²) in [5.74, 6) is -1.77. The van der Waals surface area contributed by atoms with Crippen molar-refractivity contribution in [3.8, 4) is 11.3 Å². The third kappa shape index (κ3) is 8.64. The monoisotopic (exact) mass is 682 g/mol. The Balaban J connectivity index is 1.60. The Morgan fingerprint density at radius 2 is 1.86 bits per heavy atom. The number of carbonyl (C=O) groups is 3. The highest BCUT2D eigenvalue weighted by Crippen LogP contribution is 2.41. The molecule has 270 valence electrons. The molecule has 0 spiro atoms. The number of amides is 2. The number of nitrogens with zero attached hydrogens (tertiary/aromatic N) is 5. The van der Waals surface area contributed by atoms with Gasteiger partial charge in [-0.2, -0.15) is 0 Å². The minimum Gasteiger partial charge on any atom is -0.438 e. The smallest absolute Gasteiger partial charge is 0.410 e. The molecule has 0 aliphatic carbocycles. The summed E-state index contributed by atoms with van der Waals surface area (Å²) in [7, 11) is 1.83. The Morgan fingerprint density at radius 3 is 2.51 bits per heavy atom. The summed E-state index contributed by atoms with van der Waals surface area (Å²) in [5.41, 5.74) is 5.72. The van der Waals surface area contributed by atoms with Crippen molar-refractivity contribution < 1.29 is 34.1 Å². The van der Waals surface area contributed by atoms with E-state index in [-0.39, 0.29) is 29.8 Å². The number of aliphatic hydroxyl groups excluding tert-OH is 1. The second-order valence-electron chi connectivity index (χ2n) is 14.8. The van der Waals surface area contributed by atoms with Gasteiger partial charge in [0.2, 0.25) is 5.91 Å². The lowest BCUT2D eigenvalue weighted by atomic mass is 9.67. The van der Waals surface area contributed by atoms with E-state index >= 15 is 0 Å². The van der Waals surface area contributed by atoms with Gasteiger partial charge in [-0.25, -0.2) is 4.79 Å². The van der Waals surface area contributed by atoms with Crippen LogP contribution in [-0.4, -0.2) is 109 Å². The molecule has 14 heteroatoms. The molecule has 2 fully saturated rings. The van der Waals surface area contributed by atoms with Crippen LogP contribution in [-0.2, 0) is 25.6 Å². The first-order valence-corrected chi connectivity index (χ1v) is 17.6. The van der Waals surface area contributed by atoms with Gasteiger partial charge in [0, 0.05) is 44.2 Å². The van der Waals surface area contributed by atoms with E-state index in [9.17, 15) is 24.6 Å². The molecule has 0 saturated carbocycles. The maximum Gasteiger partial charge on any atom is 0.410 e. The molecule has 0 radical (unpaired) electrons. The second kappa shape index (κ2) is 15.6. The number of hydrogen-bond donors (Lipinski definition) is 3. The van der Waals surface area contributed by atoms with Gasteiger partial charge >= 0.3 is 6.09 Å². The maximum absolute atomic E-state index is 13.7. The number of unbranched alkanes of at least 4 members (excludes halogenated alkanes) is 1. The number of aromatic nitrogens is 3. The van der Waals surface area contributed by atoms with E-state index in [4.69, 9.17) is 15.2 Å². The topological polar surface area (TPSA) is 173 Å². The molecule has 2 aliphatic rings. The molecule has 4 N–H and O–H groups in total. The van der Waals surface area contributed by atoms with Crippen LogP contribution in [0.15, 0.2) is 30.5 Å². The number of benzene rings is 1. The lowest BCUT2D eigenvalue weighted by Crippen LogP contribution is -2.62. The van der Waals surface area contributed by atoms with Crippen LogP contribution in [0.3, 0.4) is 0 Å². The van der Waals surface area contributed by atoms with E-state index in [1.807, 2.05) is 59.1 Å². The maximum atomic E-state index is 13.7. The van der Waals surface area contributed by atoms with Crippen LogP contribution in [0.2, 0.25) is 5.82 Å². The molecule has 1 unspecified atom stereocenters. The van der Waals surface area contributed by atoms with Crippen molar-refractivity contribution in [3.63, 3.8) is 0 Å². The molecule has 49 heavy (non-hydrogen) atoms. The Hall–Kier alpha value is -3.49. The number of anilines is 1. The quantitative estimate of drug-likeness (QED) is 0.224. The number of carbonyl (C=O) groups excluding carboxylic acids is 3. The van der Waals surface area contributed by atoms with Gasteiger partial charge < -0.3 is 30.3 Å². The minimum atomic E-state index is -1.46. The Labute approximate surface area is 290 Å². The number of Topliss-reactive ketones (excluding diaryl/α,β-unsaturated/α-hetero) is 1. The summed E-state index contributed by atoms with van der Waals surface area (Å²) in [6.07, 6.45) is 1.19. The molecule has 3 heterocycles. The lowest BCUT2D eigenvalue weighted by Gasteiger charge is -2.45. The van der Waals surface area contributed by atoms with Crippen LogP contribution in [0.1, 0.15) is 80.6 Å². The first kappa shape index (κ1) is 38.3. The zero-order valence-corrected chi connectivity index (χ0v) is 30.3. The van der Waals surface area contributed by atoms with Crippen molar-refractivity contribution in [2.45, 2.75) is 129 Å². The van der Waals surface area contributed by atoms with E-state index < -0.39 is 47.7 Å². The highest BCUT2D eigenvalue weighted by Gasteiger charge is 2.59. The van der Waals surface area contributed by atoms with Gasteiger partial charge in [0.25, 0.3) is 0 Å². The predicted octanol–water partition coefficient (Wildman–Crippen LogP) is 3.05. The Bertz CT molecular complexity index is 1470. The molecular formula is C35H55BN6O7. The van der Waals surface area contributed by atoms with E-state index in [0.29, 0.717) is 56.7 Å². The summed E-state index contributed by atoms with van der Waals surface area (Å²) in [4.78, 5) is 43.7. The summed E-state index contributed by atoms with van der Waals surface area (Å²) in [6.45, 7) is 13.6. The van der Waals surface area contributed by atoms with Crippen molar-refractivity contribution in [2.24, 2.45) is 11.8 Å². The molecule has 9 atom stereocenters. The van der Waals surface area contributed by atoms with Gasteiger partial charge in [-0.15, -0.1) is 5.10 Å². The van der Waals surface area contributed by atoms with Crippen molar-refractivity contribution in [2.75, 3.05) is 18.8 Å². The first-order chi connectivity index (χ1) is 23.0. The third-order valence-electron chi connectivity index (χ3n) is 10.7. The molecule has 2 saturated heterocycles. The summed E-state index contributed by atoms with van der Waals surface area (Å²) in [6, 6.07) is 6.31. The van der Waals surface area contributed by atoms with Crippen LogP contribution >= 0.6 is 0 Å². The highest BCUT2D eigenvalue weighted by molar-refractivity contribution is 6.14. The molecule has 2 aliphatic heterocycles. The number of ketones is 1. The van der Waals surface area contributed by atoms with Gasteiger partial charge in [-0.1, -0.05) is 38.1 Å². The SMILES string of the molecule is B[C@@H]1CC(=O)[C@@H](C)C(O)O[C@H](CC)[C@@]2(C)OC(=O)N(CCCCn3cc(-c4cccc(N)c4)nn3)[C@@H]2[C@@H](C)N(C(C)=O)C[C@H](C)C[C@]1(C)O. The zero-order chi connectivity index (χ0) is 36.3. The average Bonchev–Trinajstić information content (AvgIpc) is 3.60. The van der Waals surface area contributed by atoms with Gasteiger partial charge in [0.15, 0.2) is 11.9 Å².